The minimum atomic E-state index is -0.382. The molecule has 0 spiro atoms. The Hall–Kier alpha value is -1.19. The Balaban J connectivity index is 2.41. The van der Waals surface area contributed by atoms with Gasteiger partial charge >= 0.3 is 5.97 Å². The first-order chi connectivity index (χ1) is 8.29. The van der Waals surface area contributed by atoms with E-state index in [0.29, 0.717) is 18.1 Å². The third kappa shape index (κ3) is 4.67. The number of rotatable bonds is 7. The summed E-state index contributed by atoms with van der Waals surface area (Å²) in [7, 11) is 0. The zero-order valence-electron chi connectivity index (χ0n) is 9.56. The van der Waals surface area contributed by atoms with Gasteiger partial charge in [-0.3, -0.25) is 0 Å². The molecule has 1 aromatic heterocycles. The number of thioether (sulfide) groups is 1. The first-order valence-electron chi connectivity index (χ1n) is 5.15. The number of anilines is 1. The molecular weight excluding hydrogens is 256 g/mol. The number of carbonyl (C=O) groups excluding carboxylic acids is 1. The number of hydrogen-bond acceptors (Lipinski definition) is 6. The molecule has 17 heavy (non-hydrogen) atoms. The van der Waals surface area contributed by atoms with E-state index in [1.165, 1.54) is 11.3 Å². The van der Waals surface area contributed by atoms with Gasteiger partial charge in [0.2, 0.25) is 0 Å². The fourth-order valence-electron chi connectivity index (χ4n) is 1.08. The fourth-order valence-corrected chi connectivity index (χ4v) is 2.29. The van der Waals surface area contributed by atoms with E-state index in [0.717, 1.165) is 17.3 Å². The van der Waals surface area contributed by atoms with Crippen LogP contribution in [0.4, 0.5) is 5.00 Å². The minimum absolute atomic E-state index is 0.355. The van der Waals surface area contributed by atoms with Crippen LogP contribution >= 0.6 is 23.1 Å². The van der Waals surface area contributed by atoms with E-state index in [1.807, 2.05) is 0 Å². The summed E-state index contributed by atoms with van der Waals surface area (Å²) < 4.78 is 4.91. The van der Waals surface area contributed by atoms with Gasteiger partial charge in [-0.1, -0.05) is 5.92 Å². The molecule has 0 radical (unpaired) electrons. The standard InChI is InChI=1S/C11H14N2O2S2/c1-3-6-16-7-5-12-10-9(13-8-17-10)11(14)15-4-2/h1,8,12H,4-7H2,2H3. The summed E-state index contributed by atoms with van der Waals surface area (Å²) in [6.45, 7) is 2.88. The Morgan fingerprint density at radius 2 is 2.59 bits per heavy atom. The van der Waals surface area contributed by atoms with Crippen molar-refractivity contribution >= 4 is 34.1 Å². The van der Waals surface area contributed by atoms with Crippen LogP contribution in [0.1, 0.15) is 17.4 Å². The molecule has 0 unspecified atom stereocenters. The summed E-state index contributed by atoms with van der Waals surface area (Å²) in [5, 5.41) is 3.91. The Bertz CT molecular complexity index is 398. The number of terminal acetylenes is 1. The number of hydrogen-bond donors (Lipinski definition) is 1. The summed E-state index contributed by atoms with van der Waals surface area (Å²) in [4.78, 5) is 15.5. The number of esters is 1. The van der Waals surface area contributed by atoms with Crippen molar-refractivity contribution < 1.29 is 9.53 Å². The van der Waals surface area contributed by atoms with E-state index in [1.54, 1.807) is 24.2 Å². The van der Waals surface area contributed by atoms with Crippen LogP contribution in [0.25, 0.3) is 0 Å². The maximum Gasteiger partial charge on any atom is 0.360 e. The molecule has 0 aromatic carbocycles. The van der Waals surface area contributed by atoms with Crippen molar-refractivity contribution in [1.82, 2.24) is 4.98 Å². The van der Waals surface area contributed by atoms with Gasteiger partial charge in [0.15, 0.2) is 5.69 Å². The highest BCUT2D eigenvalue weighted by atomic mass is 32.2. The molecule has 0 saturated heterocycles. The Morgan fingerprint density at radius 3 is 3.29 bits per heavy atom. The lowest BCUT2D eigenvalue weighted by Gasteiger charge is -2.04. The van der Waals surface area contributed by atoms with E-state index >= 15 is 0 Å². The van der Waals surface area contributed by atoms with Crippen molar-refractivity contribution in [2.45, 2.75) is 6.92 Å². The van der Waals surface area contributed by atoms with Crippen LogP contribution < -0.4 is 5.32 Å². The van der Waals surface area contributed by atoms with Crippen LogP contribution in [0.3, 0.4) is 0 Å². The van der Waals surface area contributed by atoms with E-state index in [9.17, 15) is 4.79 Å². The normalized spacial score (nSPS) is 9.65. The monoisotopic (exact) mass is 270 g/mol. The zero-order chi connectivity index (χ0) is 12.5. The van der Waals surface area contributed by atoms with Crippen molar-refractivity contribution in [1.29, 1.82) is 0 Å². The van der Waals surface area contributed by atoms with E-state index in [2.05, 4.69) is 16.2 Å². The maximum absolute atomic E-state index is 11.5. The first-order valence-corrected chi connectivity index (χ1v) is 7.18. The molecule has 0 bridgehead atoms. The Labute approximate surface area is 109 Å². The molecular formula is C11H14N2O2S2. The number of ether oxygens (including phenoxy) is 1. The molecule has 0 fully saturated rings. The SMILES string of the molecule is C#CCSCCNc1scnc1C(=O)OCC. The highest BCUT2D eigenvalue weighted by Crippen LogP contribution is 2.20. The Morgan fingerprint density at radius 1 is 1.76 bits per heavy atom. The van der Waals surface area contributed by atoms with Gasteiger partial charge < -0.3 is 10.1 Å². The molecule has 1 aromatic rings. The van der Waals surface area contributed by atoms with Crippen molar-refractivity contribution in [3.05, 3.63) is 11.2 Å². The lowest BCUT2D eigenvalue weighted by Crippen LogP contribution is -2.10. The largest absolute Gasteiger partial charge is 0.461 e. The molecule has 0 amide bonds. The molecule has 0 saturated carbocycles. The average Bonchev–Trinajstić information content (AvgIpc) is 2.77. The predicted octanol–water partition coefficient (Wildman–Crippen LogP) is 2.10. The van der Waals surface area contributed by atoms with Gasteiger partial charge in [0, 0.05) is 12.3 Å². The van der Waals surface area contributed by atoms with Crippen molar-refractivity contribution in [3.63, 3.8) is 0 Å². The third-order valence-corrected chi connectivity index (χ3v) is 3.40. The van der Waals surface area contributed by atoms with Gasteiger partial charge in [0.05, 0.1) is 17.9 Å². The van der Waals surface area contributed by atoms with Crippen molar-refractivity contribution in [2.75, 3.05) is 30.0 Å². The quantitative estimate of drug-likeness (QED) is 0.467. The molecule has 1 rings (SSSR count). The van der Waals surface area contributed by atoms with Crippen LogP contribution in [0.5, 0.6) is 0 Å². The van der Waals surface area contributed by atoms with Crippen molar-refractivity contribution in [3.8, 4) is 12.3 Å². The summed E-state index contributed by atoms with van der Waals surface area (Å²) in [6, 6.07) is 0. The number of aromatic nitrogens is 1. The topological polar surface area (TPSA) is 51.2 Å². The zero-order valence-corrected chi connectivity index (χ0v) is 11.2. The van der Waals surface area contributed by atoms with Gasteiger partial charge in [0.25, 0.3) is 0 Å². The predicted molar refractivity (Wildman–Crippen MR) is 72.7 cm³/mol. The summed E-state index contributed by atoms with van der Waals surface area (Å²) in [5.74, 6) is 3.77. The second kappa shape index (κ2) is 7.98. The van der Waals surface area contributed by atoms with Gasteiger partial charge in [0.1, 0.15) is 5.00 Å². The summed E-state index contributed by atoms with van der Waals surface area (Å²) >= 11 is 3.06. The molecule has 92 valence electrons. The molecule has 1 heterocycles. The van der Waals surface area contributed by atoms with E-state index < -0.39 is 0 Å². The highest BCUT2D eigenvalue weighted by Gasteiger charge is 2.15. The number of thiazole rings is 1. The highest BCUT2D eigenvalue weighted by molar-refractivity contribution is 7.99. The summed E-state index contributed by atoms with van der Waals surface area (Å²) in [5.41, 5.74) is 1.99. The second-order valence-corrected chi connectivity index (χ2v) is 4.89. The smallest absolute Gasteiger partial charge is 0.360 e. The third-order valence-electron chi connectivity index (χ3n) is 1.75. The van der Waals surface area contributed by atoms with Gasteiger partial charge in [-0.25, -0.2) is 9.78 Å². The van der Waals surface area contributed by atoms with Crippen LogP contribution in [0, 0.1) is 12.3 Å². The van der Waals surface area contributed by atoms with Crippen LogP contribution in [-0.2, 0) is 4.74 Å². The fraction of sp³-hybridized carbons (Fsp3) is 0.455. The maximum atomic E-state index is 11.5. The van der Waals surface area contributed by atoms with Crippen LogP contribution in [0.15, 0.2) is 5.51 Å². The Kier molecular flexibility index (Phi) is 6.51. The average molecular weight is 270 g/mol. The molecule has 1 N–H and O–H groups in total. The van der Waals surface area contributed by atoms with Crippen LogP contribution in [-0.4, -0.2) is 35.6 Å². The van der Waals surface area contributed by atoms with Gasteiger partial charge in [-0.15, -0.1) is 29.5 Å². The van der Waals surface area contributed by atoms with E-state index in [-0.39, 0.29) is 5.97 Å². The number of nitrogens with one attached hydrogen (secondary N) is 1. The first kappa shape index (κ1) is 13.9. The number of carbonyl (C=O) groups is 1. The number of nitrogens with zero attached hydrogens (tertiary/aromatic N) is 1. The van der Waals surface area contributed by atoms with Gasteiger partial charge in [-0.05, 0) is 6.92 Å². The minimum Gasteiger partial charge on any atom is -0.461 e. The second-order valence-electron chi connectivity index (χ2n) is 2.93. The molecule has 0 atom stereocenters. The molecule has 6 heteroatoms. The van der Waals surface area contributed by atoms with Crippen molar-refractivity contribution in [2.24, 2.45) is 0 Å². The molecule has 0 aliphatic carbocycles. The lowest BCUT2D eigenvalue weighted by atomic mass is 10.4. The molecule has 0 aliphatic heterocycles. The lowest BCUT2D eigenvalue weighted by molar-refractivity contribution is 0.0521. The van der Waals surface area contributed by atoms with E-state index in [4.69, 9.17) is 11.2 Å². The molecule has 4 nitrogen and oxygen atoms in total. The van der Waals surface area contributed by atoms with Crippen LogP contribution in [0.2, 0.25) is 0 Å². The molecule has 0 aliphatic rings. The summed E-state index contributed by atoms with van der Waals surface area (Å²) in [6.07, 6.45) is 5.14. The van der Waals surface area contributed by atoms with Gasteiger partial charge in [-0.2, -0.15) is 0 Å².